The van der Waals surface area contributed by atoms with Crippen LogP contribution in [0.3, 0.4) is 0 Å². The molecular formula is C15H16N2O4S. The molecule has 2 aliphatic rings. The summed E-state index contributed by atoms with van der Waals surface area (Å²) in [6, 6.07) is 6.91. The highest BCUT2D eigenvalue weighted by Gasteiger charge is 2.29. The van der Waals surface area contributed by atoms with E-state index < -0.39 is 12.0 Å². The highest BCUT2D eigenvalue weighted by molar-refractivity contribution is 8.04. The van der Waals surface area contributed by atoms with Crippen molar-refractivity contribution in [1.82, 2.24) is 0 Å². The molecule has 0 saturated carbocycles. The molecule has 6 nitrogen and oxygen atoms in total. The summed E-state index contributed by atoms with van der Waals surface area (Å²) in [5.74, 6) is 0.345. The molecule has 0 bridgehead atoms. The second-order valence-corrected chi connectivity index (χ2v) is 5.93. The van der Waals surface area contributed by atoms with Crippen LogP contribution in [0.4, 0.5) is 5.69 Å². The first-order valence-electron chi connectivity index (χ1n) is 6.82. The number of anilines is 1. The predicted molar refractivity (Wildman–Crippen MR) is 85.8 cm³/mol. The standard InChI is InChI=1S/C15H16N2O4S/c1-20-10-4-2-9(3-5-10)16-11-6-21-7-12-14(11)22-8-13(17-12)15(18)19/h2-5,13,16H,6-8H2,1H3,(H,18,19). The fourth-order valence-corrected chi connectivity index (χ4v) is 3.38. The van der Waals surface area contributed by atoms with Crippen LogP contribution in [-0.2, 0) is 9.53 Å². The first-order chi connectivity index (χ1) is 10.7. The largest absolute Gasteiger partial charge is 0.497 e. The Morgan fingerprint density at radius 2 is 2.18 bits per heavy atom. The number of nitrogens with one attached hydrogen (secondary N) is 1. The van der Waals surface area contributed by atoms with Crippen LogP contribution >= 0.6 is 11.8 Å². The summed E-state index contributed by atoms with van der Waals surface area (Å²) in [4.78, 5) is 16.3. The molecule has 22 heavy (non-hydrogen) atoms. The van der Waals surface area contributed by atoms with Gasteiger partial charge < -0.3 is 19.9 Å². The van der Waals surface area contributed by atoms with Gasteiger partial charge in [0.1, 0.15) is 5.75 Å². The fourth-order valence-electron chi connectivity index (χ4n) is 2.28. The SMILES string of the molecule is COc1ccc(NC2=C3SCC(C(=O)O)N=C3COC2)cc1. The summed E-state index contributed by atoms with van der Waals surface area (Å²) in [6.07, 6.45) is 0. The zero-order chi connectivity index (χ0) is 15.5. The van der Waals surface area contributed by atoms with E-state index >= 15 is 0 Å². The molecule has 2 aliphatic heterocycles. The fraction of sp³-hybridized carbons (Fsp3) is 0.333. The quantitative estimate of drug-likeness (QED) is 0.883. The molecule has 0 spiro atoms. The number of hydrogen-bond donors (Lipinski definition) is 2. The van der Waals surface area contributed by atoms with E-state index in [1.165, 1.54) is 11.8 Å². The number of fused-ring (bicyclic) bond motifs is 1. The third-order valence-corrected chi connectivity index (χ3v) is 4.64. The topological polar surface area (TPSA) is 80.2 Å². The van der Waals surface area contributed by atoms with Crippen molar-refractivity contribution in [2.45, 2.75) is 6.04 Å². The van der Waals surface area contributed by atoms with Crippen LogP contribution in [0.15, 0.2) is 39.9 Å². The molecule has 0 fully saturated rings. The van der Waals surface area contributed by atoms with Crippen LogP contribution in [0.25, 0.3) is 0 Å². The number of thioether (sulfide) groups is 1. The van der Waals surface area contributed by atoms with Crippen molar-refractivity contribution in [2.75, 3.05) is 31.4 Å². The molecule has 0 amide bonds. The molecule has 1 aromatic carbocycles. The molecular weight excluding hydrogens is 304 g/mol. The lowest BCUT2D eigenvalue weighted by Crippen LogP contribution is -2.33. The monoisotopic (exact) mass is 320 g/mol. The Morgan fingerprint density at radius 3 is 2.86 bits per heavy atom. The van der Waals surface area contributed by atoms with Gasteiger partial charge in [-0.3, -0.25) is 4.99 Å². The zero-order valence-corrected chi connectivity index (χ0v) is 12.9. The Balaban J connectivity index is 1.83. The Morgan fingerprint density at radius 1 is 1.41 bits per heavy atom. The summed E-state index contributed by atoms with van der Waals surface area (Å²) in [6.45, 7) is 0.824. The minimum atomic E-state index is -0.894. The van der Waals surface area contributed by atoms with Crippen LogP contribution in [0.2, 0.25) is 0 Å². The predicted octanol–water partition coefficient (Wildman–Crippen LogP) is 1.99. The number of carboxylic acid groups (broad SMARTS) is 1. The van der Waals surface area contributed by atoms with Gasteiger partial charge in [-0.25, -0.2) is 4.79 Å². The van der Waals surface area contributed by atoms with Crippen LogP contribution in [0.1, 0.15) is 0 Å². The zero-order valence-electron chi connectivity index (χ0n) is 12.0. The number of benzene rings is 1. The molecule has 0 saturated heterocycles. The van der Waals surface area contributed by atoms with Gasteiger partial charge in [-0.1, -0.05) is 0 Å². The van der Waals surface area contributed by atoms with Gasteiger partial charge >= 0.3 is 5.97 Å². The van der Waals surface area contributed by atoms with Gasteiger partial charge in [0.15, 0.2) is 6.04 Å². The molecule has 7 heteroatoms. The van der Waals surface area contributed by atoms with Crippen LogP contribution in [0, 0.1) is 0 Å². The van der Waals surface area contributed by atoms with Gasteiger partial charge in [0.25, 0.3) is 0 Å². The van der Waals surface area contributed by atoms with E-state index in [1.54, 1.807) is 7.11 Å². The third-order valence-electron chi connectivity index (χ3n) is 3.39. The molecule has 1 unspecified atom stereocenters. The average Bonchev–Trinajstić information content (AvgIpc) is 2.55. The summed E-state index contributed by atoms with van der Waals surface area (Å²) in [7, 11) is 1.63. The van der Waals surface area contributed by atoms with E-state index in [0.717, 1.165) is 22.0 Å². The minimum absolute atomic E-state index is 0.361. The Labute approximate surface area is 132 Å². The van der Waals surface area contributed by atoms with E-state index in [9.17, 15) is 4.79 Å². The smallest absolute Gasteiger partial charge is 0.329 e. The Kier molecular flexibility index (Phi) is 4.35. The van der Waals surface area contributed by atoms with Crippen LogP contribution in [0.5, 0.6) is 5.75 Å². The number of nitrogens with zero attached hydrogens (tertiary/aromatic N) is 1. The van der Waals surface area contributed by atoms with E-state index in [4.69, 9.17) is 14.6 Å². The van der Waals surface area contributed by atoms with E-state index in [0.29, 0.717) is 24.7 Å². The Hall–Kier alpha value is -1.99. The van der Waals surface area contributed by atoms with Gasteiger partial charge in [0.05, 0.1) is 36.6 Å². The molecule has 116 valence electrons. The third kappa shape index (κ3) is 3.10. The van der Waals surface area contributed by atoms with Crippen molar-refractivity contribution in [3.63, 3.8) is 0 Å². The lowest BCUT2D eigenvalue weighted by molar-refractivity contribution is -0.137. The second-order valence-electron chi connectivity index (χ2n) is 4.89. The van der Waals surface area contributed by atoms with Crippen molar-refractivity contribution in [3.8, 4) is 5.75 Å². The molecule has 2 heterocycles. The summed E-state index contributed by atoms with van der Waals surface area (Å²) >= 11 is 1.52. The number of ether oxygens (including phenoxy) is 2. The van der Waals surface area contributed by atoms with Crippen molar-refractivity contribution in [3.05, 3.63) is 34.9 Å². The second kappa shape index (κ2) is 6.41. The number of methoxy groups -OCH3 is 1. The number of rotatable bonds is 4. The van der Waals surface area contributed by atoms with E-state index in [1.807, 2.05) is 24.3 Å². The van der Waals surface area contributed by atoms with E-state index in [-0.39, 0.29) is 0 Å². The summed E-state index contributed by atoms with van der Waals surface area (Å²) < 4.78 is 10.7. The first kappa shape index (κ1) is 14.9. The average molecular weight is 320 g/mol. The number of aliphatic imine (C=N–C) groups is 1. The number of aliphatic carboxylic acids is 1. The van der Waals surface area contributed by atoms with Crippen LogP contribution < -0.4 is 10.1 Å². The van der Waals surface area contributed by atoms with Crippen molar-refractivity contribution in [1.29, 1.82) is 0 Å². The van der Waals surface area contributed by atoms with Crippen molar-refractivity contribution < 1.29 is 19.4 Å². The maximum atomic E-state index is 11.1. The van der Waals surface area contributed by atoms with Gasteiger partial charge in [-0.2, -0.15) is 0 Å². The molecule has 3 rings (SSSR count). The van der Waals surface area contributed by atoms with Crippen molar-refractivity contribution in [2.24, 2.45) is 4.99 Å². The maximum absolute atomic E-state index is 11.1. The van der Waals surface area contributed by atoms with E-state index in [2.05, 4.69) is 10.3 Å². The number of carbonyl (C=O) groups is 1. The molecule has 1 aromatic rings. The van der Waals surface area contributed by atoms with Crippen molar-refractivity contribution >= 4 is 29.1 Å². The highest BCUT2D eigenvalue weighted by atomic mass is 32.2. The number of carboxylic acids is 1. The molecule has 2 N–H and O–H groups in total. The lowest BCUT2D eigenvalue weighted by Gasteiger charge is -2.27. The molecule has 0 aliphatic carbocycles. The maximum Gasteiger partial charge on any atom is 0.329 e. The lowest BCUT2D eigenvalue weighted by atomic mass is 10.2. The first-order valence-corrected chi connectivity index (χ1v) is 7.80. The van der Waals surface area contributed by atoms with Gasteiger partial charge in [-0.05, 0) is 24.3 Å². The van der Waals surface area contributed by atoms with Gasteiger partial charge in [0, 0.05) is 11.4 Å². The van der Waals surface area contributed by atoms with Gasteiger partial charge in [-0.15, -0.1) is 11.8 Å². The molecule has 0 aromatic heterocycles. The minimum Gasteiger partial charge on any atom is -0.497 e. The van der Waals surface area contributed by atoms with Crippen LogP contribution in [-0.4, -0.2) is 48.9 Å². The molecule has 1 atom stereocenters. The highest BCUT2D eigenvalue weighted by Crippen LogP contribution is 2.31. The normalized spacial score (nSPS) is 21.0. The Bertz CT molecular complexity index is 639. The summed E-state index contributed by atoms with van der Waals surface area (Å²) in [5, 5.41) is 12.4. The van der Waals surface area contributed by atoms with Gasteiger partial charge in [0.2, 0.25) is 0 Å². The summed E-state index contributed by atoms with van der Waals surface area (Å²) in [5.41, 5.74) is 2.56. The number of hydrogen-bond acceptors (Lipinski definition) is 6. The molecule has 0 radical (unpaired) electrons.